The Morgan fingerprint density at radius 3 is 2.89 bits per heavy atom. The van der Waals surface area contributed by atoms with Gasteiger partial charge in [0.05, 0.1) is 19.3 Å². The lowest BCUT2D eigenvalue weighted by molar-refractivity contribution is -0.129. The number of amides is 1. The number of hydrogen-bond acceptors (Lipinski definition) is 3. The Labute approximate surface area is 112 Å². The summed E-state index contributed by atoms with van der Waals surface area (Å²) >= 11 is 0. The molecule has 0 aromatic heterocycles. The highest BCUT2D eigenvalue weighted by atomic mass is 19.1. The number of rotatable bonds is 5. The predicted molar refractivity (Wildman–Crippen MR) is 69.9 cm³/mol. The summed E-state index contributed by atoms with van der Waals surface area (Å²) in [4.78, 5) is 13.5. The van der Waals surface area contributed by atoms with Gasteiger partial charge in [0.1, 0.15) is 12.0 Å². The topological polar surface area (TPSA) is 41.6 Å². The summed E-state index contributed by atoms with van der Waals surface area (Å²) in [5.74, 6) is -0.329. The van der Waals surface area contributed by atoms with Crippen LogP contribution in [0.3, 0.4) is 0 Å². The van der Waals surface area contributed by atoms with Crippen molar-refractivity contribution in [2.24, 2.45) is 0 Å². The zero-order valence-corrected chi connectivity index (χ0v) is 11.2. The van der Waals surface area contributed by atoms with Gasteiger partial charge in [-0.1, -0.05) is 18.2 Å². The van der Waals surface area contributed by atoms with Crippen molar-refractivity contribution in [1.82, 2.24) is 10.2 Å². The zero-order chi connectivity index (χ0) is 13.8. The van der Waals surface area contributed by atoms with Gasteiger partial charge in [0.2, 0.25) is 5.91 Å². The predicted octanol–water partition coefficient (Wildman–Crippen LogP) is 1.68. The summed E-state index contributed by atoms with van der Waals surface area (Å²) < 4.78 is 19.2. The summed E-state index contributed by atoms with van der Waals surface area (Å²) in [5, 5.41) is 3.03. The minimum absolute atomic E-state index is 0.0272. The first-order chi connectivity index (χ1) is 9.09. The molecule has 1 fully saturated rings. The minimum atomic E-state index is -0.399. The van der Waals surface area contributed by atoms with Crippen molar-refractivity contribution < 1.29 is 13.9 Å². The summed E-state index contributed by atoms with van der Waals surface area (Å²) in [6, 6.07) is 6.51. The van der Waals surface area contributed by atoms with Crippen molar-refractivity contribution in [3.05, 3.63) is 35.6 Å². The van der Waals surface area contributed by atoms with Crippen molar-refractivity contribution in [2.75, 3.05) is 19.7 Å². The number of hydrogen-bond donors (Lipinski definition) is 1. The van der Waals surface area contributed by atoms with E-state index in [0.29, 0.717) is 18.7 Å². The van der Waals surface area contributed by atoms with Crippen molar-refractivity contribution >= 4 is 5.91 Å². The molecule has 1 aromatic carbocycles. The Kier molecular flexibility index (Phi) is 4.50. The maximum Gasteiger partial charge on any atom is 0.238 e. The van der Waals surface area contributed by atoms with Gasteiger partial charge in [-0.05, 0) is 19.9 Å². The maximum absolute atomic E-state index is 13.8. The van der Waals surface area contributed by atoms with Gasteiger partial charge in [-0.3, -0.25) is 10.1 Å². The number of benzene rings is 1. The van der Waals surface area contributed by atoms with Crippen LogP contribution < -0.4 is 5.32 Å². The third-order valence-corrected chi connectivity index (χ3v) is 3.06. The lowest BCUT2D eigenvalue weighted by Gasteiger charge is -2.25. The monoisotopic (exact) mass is 266 g/mol. The Balaban J connectivity index is 2.07. The van der Waals surface area contributed by atoms with E-state index >= 15 is 0 Å². The van der Waals surface area contributed by atoms with Gasteiger partial charge in [-0.2, -0.15) is 0 Å². The first-order valence-corrected chi connectivity index (χ1v) is 6.48. The molecule has 5 heteroatoms. The van der Waals surface area contributed by atoms with Crippen molar-refractivity contribution in [1.29, 1.82) is 0 Å². The highest BCUT2D eigenvalue weighted by molar-refractivity contribution is 5.80. The van der Waals surface area contributed by atoms with Crippen LogP contribution in [0.5, 0.6) is 0 Å². The van der Waals surface area contributed by atoms with Crippen LogP contribution in [-0.2, 0) is 9.53 Å². The van der Waals surface area contributed by atoms with Gasteiger partial charge in [0.25, 0.3) is 0 Å². The molecule has 1 aromatic rings. The van der Waals surface area contributed by atoms with Crippen LogP contribution in [0.15, 0.2) is 24.3 Å². The highest BCUT2D eigenvalue weighted by Crippen LogP contribution is 2.24. The minimum Gasteiger partial charge on any atom is -0.377 e. The lowest BCUT2D eigenvalue weighted by Crippen LogP contribution is -2.34. The molecule has 1 amide bonds. The van der Waals surface area contributed by atoms with Crippen LogP contribution in [0.25, 0.3) is 0 Å². The normalized spacial score (nSPS) is 19.5. The van der Waals surface area contributed by atoms with E-state index in [9.17, 15) is 9.18 Å². The van der Waals surface area contributed by atoms with Crippen LogP contribution in [0.4, 0.5) is 4.39 Å². The second-order valence-electron chi connectivity index (χ2n) is 4.81. The second kappa shape index (κ2) is 6.12. The van der Waals surface area contributed by atoms with E-state index in [1.165, 1.54) is 6.07 Å². The molecular weight excluding hydrogens is 247 g/mol. The quantitative estimate of drug-likeness (QED) is 0.881. The van der Waals surface area contributed by atoms with E-state index in [4.69, 9.17) is 4.74 Å². The third-order valence-electron chi connectivity index (χ3n) is 3.06. The van der Waals surface area contributed by atoms with Gasteiger partial charge in [0, 0.05) is 12.1 Å². The van der Waals surface area contributed by atoms with Crippen LogP contribution >= 0.6 is 0 Å². The van der Waals surface area contributed by atoms with Crippen molar-refractivity contribution in [3.8, 4) is 0 Å². The molecule has 0 saturated carbocycles. The molecule has 1 saturated heterocycles. The first-order valence-electron chi connectivity index (χ1n) is 6.48. The van der Waals surface area contributed by atoms with Gasteiger partial charge < -0.3 is 9.64 Å². The maximum atomic E-state index is 13.8. The zero-order valence-electron chi connectivity index (χ0n) is 11.2. The summed E-state index contributed by atoms with van der Waals surface area (Å²) in [5.41, 5.74) is 0.498. The van der Waals surface area contributed by atoms with Crippen molar-refractivity contribution in [3.63, 3.8) is 0 Å². The van der Waals surface area contributed by atoms with E-state index < -0.39 is 6.17 Å². The average Bonchev–Trinajstić information content (AvgIpc) is 2.72. The van der Waals surface area contributed by atoms with Gasteiger partial charge >= 0.3 is 0 Å². The molecular formula is C14H19FN2O2. The molecule has 1 aliphatic heterocycles. The van der Waals surface area contributed by atoms with E-state index in [2.05, 4.69) is 5.32 Å². The Bertz CT molecular complexity index is 451. The van der Waals surface area contributed by atoms with Crippen molar-refractivity contribution in [2.45, 2.75) is 26.1 Å². The summed E-state index contributed by atoms with van der Waals surface area (Å²) in [6.07, 6.45) is -0.276. The molecule has 2 rings (SSSR count). The van der Waals surface area contributed by atoms with Crippen LogP contribution in [0.2, 0.25) is 0 Å². The largest absolute Gasteiger partial charge is 0.377 e. The van der Waals surface area contributed by atoms with Gasteiger partial charge in [-0.25, -0.2) is 4.39 Å². The third kappa shape index (κ3) is 3.30. The average molecular weight is 266 g/mol. The van der Waals surface area contributed by atoms with Gasteiger partial charge in [-0.15, -0.1) is 0 Å². The molecule has 4 nitrogen and oxygen atoms in total. The van der Waals surface area contributed by atoms with E-state index in [1.54, 1.807) is 23.1 Å². The number of nitrogens with zero attached hydrogens (tertiary/aromatic N) is 1. The lowest BCUT2D eigenvalue weighted by atomic mass is 10.1. The smallest absolute Gasteiger partial charge is 0.238 e. The van der Waals surface area contributed by atoms with Gasteiger partial charge in [0.15, 0.2) is 0 Å². The summed E-state index contributed by atoms with van der Waals surface area (Å²) in [6.45, 7) is 5.04. The molecule has 1 aliphatic rings. The second-order valence-corrected chi connectivity index (χ2v) is 4.81. The fourth-order valence-electron chi connectivity index (χ4n) is 2.15. The Morgan fingerprint density at radius 1 is 1.47 bits per heavy atom. The molecule has 0 spiro atoms. The van der Waals surface area contributed by atoms with E-state index in [1.807, 2.05) is 13.8 Å². The van der Waals surface area contributed by atoms with Crippen LogP contribution in [-0.4, -0.2) is 36.6 Å². The first kappa shape index (κ1) is 14.0. The fraction of sp³-hybridized carbons (Fsp3) is 0.500. The fourth-order valence-corrected chi connectivity index (χ4v) is 2.15. The van der Waals surface area contributed by atoms with Crippen LogP contribution in [0.1, 0.15) is 25.6 Å². The molecule has 1 atom stereocenters. The molecule has 1 heterocycles. The molecule has 0 bridgehead atoms. The number of halogens is 1. The Morgan fingerprint density at radius 2 is 2.21 bits per heavy atom. The molecule has 1 N–H and O–H groups in total. The van der Waals surface area contributed by atoms with Crippen LogP contribution in [0, 0.1) is 5.82 Å². The number of carbonyl (C=O) groups excluding carboxylic acids is 1. The molecule has 1 unspecified atom stereocenters. The molecule has 0 aliphatic carbocycles. The summed E-state index contributed by atoms with van der Waals surface area (Å²) in [7, 11) is 0. The highest BCUT2D eigenvalue weighted by Gasteiger charge is 2.32. The number of nitrogens with one attached hydrogen (secondary N) is 1. The number of ether oxygens (including phenoxy) is 1. The molecule has 104 valence electrons. The van der Waals surface area contributed by atoms with E-state index in [-0.39, 0.29) is 24.4 Å². The van der Waals surface area contributed by atoms with E-state index in [0.717, 1.165) is 0 Å². The Hall–Kier alpha value is -1.46. The molecule has 0 radical (unpaired) electrons. The SMILES string of the molecule is CC(C)OCCN1C(=O)CNC1c1ccccc1F. The molecule has 19 heavy (non-hydrogen) atoms. The standard InChI is InChI=1S/C14H19FN2O2/c1-10(2)19-8-7-17-13(18)9-16-14(17)11-5-3-4-6-12(11)15/h3-6,10,14,16H,7-9H2,1-2H3. The number of carbonyl (C=O) groups is 1.